The number of carboxylic acid groups (broad SMARTS) is 1. The van der Waals surface area contributed by atoms with Gasteiger partial charge in [-0.3, -0.25) is 4.79 Å². The van der Waals surface area contributed by atoms with E-state index in [-0.39, 0.29) is 18.8 Å². The summed E-state index contributed by atoms with van der Waals surface area (Å²) in [5, 5.41) is 8.57. The smallest absolute Gasteiger partial charge is 0.305 e. The molecule has 0 heterocycles. The highest BCUT2D eigenvalue weighted by Gasteiger charge is 2.24. The van der Waals surface area contributed by atoms with Crippen LogP contribution in [0.2, 0.25) is 0 Å². The van der Waals surface area contributed by atoms with E-state index >= 15 is 0 Å². The summed E-state index contributed by atoms with van der Waals surface area (Å²) in [5.74, 6) is -0.830. The topological polar surface area (TPSA) is 63.3 Å². The molecule has 0 aliphatic rings. The van der Waals surface area contributed by atoms with Gasteiger partial charge in [0.2, 0.25) is 0 Å². The van der Waals surface area contributed by atoms with Gasteiger partial charge < -0.3 is 10.8 Å². The zero-order valence-corrected chi connectivity index (χ0v) is 8.77. The fraction of sp³-hybridized carbons (Fsp3) is 0.667. The Kier molecular flexibility index (Phi) is 7.96. The fourth-order valence-corrected chi connectivity index (χ4v) is 1.08. The lowest BCUT2D eigenvalue weighted by Gasteiger charge is -2.25. The van der Waals surface area contributed by atoms with Gasteiger partial charge in [-0.15, -0.1) is 19.0 Å². The summed E-state index contributed by atoms with van der Waals surface area (Å²) in [6.07, 6.45) is 3.96. The van der Waals surface area contributed by atoms with Crippen LogP contribution in [0.15, 0.2) is 12.7 Å². The second-order valence-corrected chi connectivity index (χ2v) is 3.11. The molecule has 0 saturated carbocycles. The largest absolute Gasteiger partial charge is 0.481 e. The van der Waals surface area contributed by atoms with Gasteiger partial charge in [0.15, 0.2) is 0 Å². The highest BCUT2D eigenvalue weighted by Crippen LogP contribution is 2.18. The van der Waals surface area contributed by atoms with Crippen LogP contribution in [0.25, 0.3) is 0 Å². The molecule has 13 heavy (non-hydrogen) atoms. The second-order valence-electron chi connectivity index (χ2n) is 3.11. The van der Waals surface area contributed by atoms with Crippen molar-refractivity contribution in [3.8, 4) is 0 Å². The Morgan fingerprint density at radius 2 is 2.23 bits per heavy atom. The van der Waals surface area contributed by atoms with Crippen LogP contribution >= 0.6 is 12.4 Å². The summed E-state index contributed by atoms with van der Waals surface area (Å²) in [6.45, 7) is 5.48. The van der Waals surface area contributed by atoms with E-state index in [2.05, 4.69) is 6.58 Å². The van der Waals surface area contributed by atoms with Crippen molar-refractivity contribution < 1.29 is 9.90 Å². The van der Waals surface area contributed by atoms with Gasteiger partial charge in [0.1, 0.15) is 0 Å². The van der Waals surface area contributed by atoms with Gasteiger partial charge in [-0.25, -0.2) is 0 Å². The molecule has 0 radical (unpaired) electrons. The molecule has 0 rings (SSSR count). The minimum Gasteiger partial charge on any atom is -0.481 e. The van der Waals surface area contributed by atoms with Crippen molar-refractivity contribution in [3.05, 3.63) is 12.7 Å². The predicted octanol–water partition coefficient (Wildman–Crippen LogP) is 1.96. The lowest BCUT2D eigenvalue weighted by atomic mass is 9.88. The minimum atomic E-state index is -0.830. The number of halogens is 1. The molecular weight excluding hydrogens is 190 g/mol. The van der Waals surface area contributed by atoms with Crippen LogP contribution in [-0.4, -0.2) is 16.6 Å². The van der Waals surface area contributed by atoms with Crippen molar-refractivity contribution in [2.45, 2.75) is 38.1 Å². The third-order valence-corrected chi connectivity index (χ3v) is 2.05. The number of nitrogens with two attached hydrogens (primary N) is 1. The quantitative estimate of drug-likeness (QED) is 0.655. The Hall–Kier alpha value is -0.540. The van der Waals surface area contributed by atoms with Gasteiger partial charge >= 0.3 is 5.97 Å². The summed E-state index contributed by atoms with van der Waals surface area (Å²) in [5.41, 5.74) is 5.30. The summed E-state index contributed by atoms with van der Waals surface area (Å²) >= 11 is 0. The molecule has 0 fully saturated rings. The monoisotopic (exact) mass is 207 g/mol. The van der Waals surface area contributed by atoms with Gasteiger partial charge in [-0.05, 0) is 19.3 Å². The molecule has 0 aliphatic carbocycles. The summed E-state index contributed by atoms with van der Waals surface area (Å²) < 4.78 is 0. The van der Waals surface area contributed by atoms with E-state index in [1.54, 1.807) is 6.08 Å². The van der Waals surface area contributed by atoms with Crippen LogP contribution in [0.3, 0.4) is 0 Å². The molecule has 0 aromatic heterocycles. The fourth-order valence-electron chi connectivity index (χ4n) is 1.08. The van der Waals surface area contributed by atoms with Crippen LogP contribution in [0, 0.1) is 0 Å². The molecule has 0 aromatic carbocycles. The molecule has 4 heteroatoms. The van der Waals surface area contributed by atoms with Crippen molar-refractivity contribution in [2.24, 2.45) is 5.73 Å². The van der Waals surface area contributed by atoms with Crippen LogP contribution in [-0.2, 0) is 4.79 Å². The molecule has 3 N–H and O–H groups in total. The van der Waals surface area contributed by atoms with Gasteiger partial charge in [0, 0.05) is 5.54 Å². The zero-order chi connectivity index (χ0) is 9.61. The number of allylic oxidation sites excluding steroid dienone is 1. The predicted molar refractivity (Wildman–Crippen MR) is 56.1 cm³/mol. The van der Waals surface area contributed by atoms with E-state index in [1.807, 2.05) is 6.92 Å². The van der Waals surface area contributed by atoms with Crippen molar-refractivity contribution in [3.63, 3.8) is 0 Å². The molecule has 0 aliphatic heterocycles. The maximum atomic E-state index is 10.4. The summed E-state index contributed by atoms with van der Waals surface area (Å²) in [4.78, 5) is 10.4. The molecule has 0 aromatic rings. The first-order valence-corrected chi connectivity index (χ1v) is 4.15. The highest BCUT2D eigenvalue weighted by molar-refractivity contribution is 5.85. The third-order valence-electron chi connectivity index (χ3n) is 2.05. The average molecular weight is 208 g/mol. The third kappa shape index (κ3) is 6.61. The van der Waals surface area contributed by atoms with Crippen LogP contribution in [0.4, 0.5) is 0 Å². The van der Waals surface area contributed by atoms with Gasteiger partial charge in [-0.2, -0.15) is 0 Å². The number of carbonyl (C=O) groups is 1. The second kappa shape index (κ2) is 6.92. The Morgan fingerprint density at radius 1 is 1.69 bits per heavy atom. The SMILES string of the molecule is C=CCCC(N)(CC)CC(=O)O.Cl. The Bertz CT molecular complexity index is 173. The van der Waals surface area contributed by atoms with Crippen LogP contribution < -0.4 is 5.73 Å². The molecule has 78 valence electrons. The summed E-state index contributed by atoms with van der Waals surface area (Å²) in [6, 6.07) is 0. The van der Waals surface area contributed by atoms with Crippen molar-refractivity contribution in [2.75, 3.05) is 0 Å². The number of hydrogen-bond acceptors (Lipinski definition) is 2. The van der Waals surface area contributed by atoms with Crippen LogP contribution in [0.1, 0.15) is 32.6 Å². The van der Waals surface area contributed by atoms with E-state index in [1.165, 1.54) is 0 Å². The van der Waals surface area contributed by atoms with Crippen molar-refractivity contribution >= 4 is 18.4 Å². The lowest BCUT2D eigenvalue weighted by molar-refractivity contribution is -0.138. The summed E-state index contributed by atoms with van der Waals surface area (Å²) in [7, 11) is 0. The first-order chi connectivity index (χ1) is 5.54. The normalized spacial score (nSPS) is 14.0. The molecular formula is C9H18ClNO2. The molecule has 0 spiro atoms. The van der Waals surface area contributed by atoms with E-state index < -0.39 is 11.5 Å². The Labute approximate surface area is 85.4 Å². The van der Waals surface area contributed by atoms with Crippen molar-refractivity contribution in [1.82, 2.24) is 0 Å². The van der Waals surface area contributed by atoms with E-state index in [9.17, 15) is 4.79 Å². The molecule has 0 saturated heterocycles. The molecule has 0 bridgehead atoms. The molecule has 1 unspecified atom stereocenters. The first-order valence-electron chi connectivity index (χ1n) is 4.15. The van der Waals surface area contributed by atoms with E-state index in [4.69, 9.17) is 10.8 Å². The van der Waals surface area contributed by atoms with Gasteiger partial charge in [0.25, 0.3) is 0 Å². The number of hydrogen-bond donors (Lipinski definition) is 2. The zero-order valence-electron chi connectivity index (χ0n) is 7.95. The van der Waals surface area contributed by atoms with Crippen molar-refractivity contribution in [1.29, 1.82) is 0 Å². The number of rotatable bonds is 6. The number of carboxylic acids is 1. The van der Waals surface area contributed by atoms with E-state index in [0.717, 1.165) is 6.42 Å². The Morgan fingerprint density at radius 3 is 2.54 bits per heavy atom. The highest BCUT2D eigenvalue weighted by atomic mass is 35.5. The lowest BCUT2D eigenvalue weighted by Crippen LogP contribution is -2.41. The first kappa shape index (κ1) is 15.0. The maximum absolute atomic E-state index is 10.4. The molecule has 1 atom stereocenters. The molecule has 3 nitrogen and oxygen atoms in total. The van der Waals surface area contributed by atoms with Gasteiger partial charge in [0.05, 0.1) is 6.42 Å². The average Bonchev–Trinajstić information content (AvgIpc) is 2.00. The molecule has 0 amide bonds. The standard InChI is InChI=1S/C9H17NO2.ClH/c1-3-5-6-9(10,4-2)7-8(11)12;/h3H,1,4-7,10H2,2H3,(H,11,12);1H. The van der Waals surface area contributed by atoms with Crippen LogP contribution in [0.5, 0.6) is 0 Å². The maximum Gasteiger partial charge on any atom is 0.305 e. The Balaban J connectivity index is 0. The van der Waals surface area contributed by atoms with E-state index in [0.29, 0.717) is 12.8 Å². The minimum absolute atomic E-state index is 0. The van der Waals surface area contributed by atoms with Gasteiger partial charge in [-0.1, -0.05) is 13.0 Å². The number of aliphatic carboxylic acids is 1.